The molecule has 5 rings (SSSR count). The summed E-state index contributed by atoms with van der Waals surface area (Å²) in [5.74, 6) is 4.75. The van der Waals surface area contributed by atoms with Crippen molar-refractivity contribution in [3.63, 3.8) is 0 Å². The zero-order valence-electron chi connectivity index (χ0n) is 17.9. The molecule has 2 heterocycles. The summed E-state index contributed by atoms with van der Waals surface area (Å²) in [6, 6.07) is 0. The van der Waals surface area contributed by atoms with E-state index in [1.54, 1.807) is 5.57 Å². The molecule has 0 radical (unpaired) electrons. The Bertz CT molecular complexity index is 780. The van der Waals surface area contributed by atoms with Crippen LogP contribution >= 0.6 is 21.6 Å². The maximum absolute atomic E-state index is 13.3. The monoisotopic (exact) mass is 433 g/mol. The minimum atomic E-state index is 0.0359. The highest BCUT2D eigenvalue weighted by molar-refractivity contribution is 8.76. The zero-order chi connectivity index (χ0) is 20.3. The quantitative estimate of drug-likeness (QED) is 0.542. The number of ketones is 1. The van der Waals surface area contributed by atoms with Crippen LogP contribution in [0, 0.1) is 22.7 Å². The number of hydrogen-bond acceptors (Lipinski definition) is 6. The summed E-state index contributed by atoms with van der Waals surface area (Å²) >= 11 is 0. The molecule has 2 fully saturated rings. The molecule has 5 atom stereocenters. The van der Waals surface area contributed by atoms with Crippen LogP contribution in [-0.4, -0.2) is 35.3 Å². The number of nitrogens with zero attached hydrogens (tertiary/aromatic N) is 1. The molecule has 6 heteroatoms. The Balaban J connectivity index is 1.49. The van der Waals surface area contributed by atoms with Crippen molar-refractivity contribution in [3.05, 3.63) is 11.1 Å². The molecule has 0 saturated heterocycles. The van der Waals surface area contributed by atoms with Gasteiger partial charge in [-0.1, -0.05) is 41.0 Å². The molecular formula is C23H35N3OS2. The van der Waals surface area contributed by atoms with E-state index in [1.807, 2.05) is 21.6 Å². The van der Waals surface area contributed by atoms with Gasteiger partial charge in [-0.15, -0.1) is 0 Å². The van der Waals surface area contributed by atoms with Gasteiger partial charge in [0, 0.05) is 29.9 Å². The Morgan fingerprint density at radius 3 is 2.90 bits per heavy atom. The number of hydrogen-bond donors (Lipinski definition) is 2. The van der Waals surface area contributed by atoms with E-state index in [4.69, 9.17) is 5.73 Å². The molecule has 0 unspecified atom stereocenters. The first-order valence-corrected chi connectivity index (χ1v) is 14.0. The van der Waals surface area contributed by atoms with Crippen molar-refractivity contribution in [2.75, 3.05) is 18.1 Å². The van der Waals surface area contributed by atoms with Crippen molar-refractivity contribution in [1.29, 1.82) is 0 Å². The standard InChI is InChI=1S/C23H35N3OS2/c1-15-5-6-16-12-18-17-4-3-7-22(8-10-25-20(24)26-22)14-29-28-11-9-21(16,2)23(15,18)13-19(17)27/h15-16H,3-14H2,1-2H3,(H3,24,25,26)/t15-,16-,21+,22+,23+/m1/s1. The molecule has 3 N–H and O–H groups in total. The summed E-state index contributed by atoms with van der Waals surface area (Å²) in [7, 11) is 4.06. The van der Waals surface area contributed by atoms with Crippen LogP contribution < -0.4 is 11.1 Å². The molecule has 160 valence electrons. The first-order chi connectivity index (χ1) is 13.9. The van der Waals surface area contributed by atoms with Crippen molar-refractivity contribution in [1.82, 2.24) is 5.32 Å². The van der Waals surface area contributed by atoms with Crippen LogP contribution in [0.25, 0.3) is 0 Å². The van der Waals surface area contributed by atoms with E-state index in [9.17, 15) is 4.79 Å². The normalized spacial score (nSPS) is 45.3. The fraction of sp³-hybridized carbons (Fsp3) is 0.826. The first-order valence-electron chi connectivity index (χ1n) is 11.5. The second-order valence-electron chi connectivity index (χ2n) is 10.4. The van der Waals surface area contributed by atoms with Gasteiger partial charge in [0.1, 0.15) is 0 Å². The molecule has 0 aromatic carbocycles. The Morgan fingerprint density at radius 1 is 1.21 bits per heavy atom. The SMILES string of the molecule is C[C@@H]1CC[C@@H]2CC3=C4CCC[C@]5(CCN=C(N)N5)CSSCC[C@]2(C)[C@]31CC4=O. The van der Waals surface area contributed by atoms with Gasteiger partial charge < -0.3 is 11.1 Å². The third-order valence-corrected chi connectivity index (χ3v) is 11.9. The van der Waals surface area contributed by atoms with Crippen LogP contribution in [0.15, 0.2) is 16.1 Å². The van der Waals surface area contributed by atoms with Gasteiger partial charge in [0.05, 0.1) is 5.54 Å². The minimum absolute atomic E-state index is 0.0359. The molecule has 29 heavy (non-hydrogen) atoms. The lowest BCUT2D eigenvalue weighted by Gasteiger charge is -2.53. The third-order valence-electron chi connectivity index (χ3n) is 9.31. The van der Waals surface area contributed by atoms with E-state index in [0.29, 0.717) is 23.1 Å². The molecule has 4 nitrogen and oxygen atoms in total. The lowest BCUT2D eigenvalue weighted by Crippen LogP contribution is -2.56. The highest BCUT2D eigenvalue weighted by atomic mass is 33.1. The van der Waals surface area contributed by atoms with Gasteiger partial charge in [0.25, 0.3) is 0 Å². The molecule has 2 aliphatic heterocycles. The smallest absolute Gasteiger partial charge is 0.189 e. The van der Waals surface area contributed by atoms with E-state index in [0.717, 1.165) is 50.3 Å². The van der Waals surface area contributed by atoms with Crippen LogP contribution in [0.5, 0.6) is 0 Å². The Kier molecular flexibility index (Phi) is 5.05. The molecular weight excluding hydrogens is 398 g/mol. The van der Waals surface area contributed by atoms with Gasteiger partial charge in [0.15, 0.2) is 11.7 Å². The van der Waals surface area contributed by atoms with E-state index in [-0.39, 0.29) is 11.0 Å². The van der Waals surface area contributed by atoms with Crippen molar-refractivity contribution in [2.45, 2.75) is 77.2 Å². The number of carbonyl (C=O) groups is 1. The summed E-state index contributed by atoms with van der Waals surface area (Å²) < 4.78 is 0. The Hall–Kier alpha value is -0.620. The van der Waals surface area contributed by atoms with Crippen LogP contribution in [0.2, 0.25) is 0 Å². The largest absolute Gasteiger partial charge is 0.370 e. The van der Waals surface area contributed by atoms with Crippen LogP contribution in [0.1, 0.15) is 71.6 Å². The molecule has 2 spiro atoms. The number of rotatable bonds is 0. The lowest BCUT2D eigenvalue weighted by molar-refractivity contribution is -0.120. The lowest BCUT2D eigenvalue weighted by atomic mass is 9.51. The predicted molar refractivity (Wildman–Crippen MR) is 124 cm³/mol. The molecule has 5 bridgehead atoms. The van der Waals surface area contributed by atoms with Crippen LogP contribution in [0.3, 0.4) is 0 Å². The second-order valence-corrected chi connectivity index (χ2v) is 13.0. The van der Waals surface area contributed by atoms with Crippen molar-refractivity contribution in [3.8, 4) is 0 Å². The maximum atomic E-state index is 13.3. The van der Waals surface area contributed by atoms with Gasteiger partial charge in [-0.25, -0.2) is 0 Å². The van der Waals surface area contributed by atoms with Gasteiger partial charge in [-0.3, -0.25) is 9.79 Å². The number of guanidine groups is 1. The Labute approximate surface area is 183 Å². The number of nitrogens with one attached hydrogen (secondary N) is 1. The van der Waals surface area contributed by atoms with E-state index >= 15 is 0 Å². The number of carbonyl (C=O) groups excluding carboxylic acids is 1. The highest BCUT2D eigenvalue weighted by Crippen LogP contribution is 2.73. The average molecular weight is 434 g/mol. The highest BCUT2D eigenvalue weighted by Gasteiger charge is 2.67. The summed E-state index contributed by atoms with van der Waals surface area (Å²) in [6.45, 7) is 5.80. The third kappa shape index (κ3) is 2.95. The molecule has 2 saturated carbocycles. The Morgan fingerprint density at radius 2 is 2.07 bits per heavy atom. The average Bonchev–Trinajstić information content (AvgIpc) is 3.02. The molecule has 0 amide bonds. The van der Waals surface area contributed by atoms with E-state index < -0.39 is 0 Å². The zero-order valence-corrected chi connectivity index (χ0v) is 19.5. The minimum Gasteiger partial charge on any atom is -0.370 e. The second kappa shape index (κ2) is 7.22. The van der Waals surface area contributed by atoms with Gasteiger partial charge >= 0.3 is 0 Å². The summed E-state index contributed by atoms with van der Waals surface area (Å²) in [5.41, 5.74) is 9.40. The van der Waals surface area contributed by atoms with Crippen molar-refractivity contribution in [2.24, 2.45) is 33.4 Å². The molecule has 0 aromatic heterocycles. The predicted octanol–water partition coefficient (Wildman–Crippen LogP) is 4.70. The number of allylic oxidation sites excluding steroid dienone is 2. The first kappa shape index (κ1) is 20.3. The van der Waals surface area contributed by atoms with E-state index in [2.05, 4.69) is 24.2 Å². The fourth-order valence-electron chi connectivity index (χ4n) is 7.66. The van der Waals surface area contributed by atoms with Crippen LogP contribution in [-0.2, 0) is 4.79 Å². The van der Waals surface area contributed by atoms with Gasteiger partial charge in [0.2, 0.25) is 0 Å². The number of nitrogens with two attached hydrogens (primary N) is 1. The van der Waals surface area contributed by atoms with Gasteiger partial charge in [-0.05, 0) is 74.2 Å². The van der Waals surface area contributed by atoms with Crippen LogP contribution in [0.4, 0.5) is 0 Å². The summed E-state index contributed by atoms with van der Waals surface area (Å²) in [5, 5.41) is 3.53. The molecule has 0 aromatic rings. The molecule has 3 aliphatic carbocycles. The maximum Gasteiger partial charge on any atom is 0.189 e. The van der Waals surface area contributed by atoms with Crippen molar-refractivity contribution < 1.29 is 4.79 Å². The summed E-state index contributed by atoms with van der Waals surface area (Å²) in [4.78, 5) is 17.7. The van der Waals surface area contributed by atoms with Gasteiger partial charge in [-0.2, -0.15) is 0 Å². The fourth-order valence-corrected chi connectivity index (χ4v) is 10.5. The van der Waals surface area contributed by atoms with Crippen molar-refractivity contribution >= 4 is 33.3 Å². The van der Waals surface area contributed by atoms with E-state index in [1.165, 1.54) is 37.0 Å². The molecule has 5 aliphatic rings. The number of Topliss-reactive ketones (excluding diaryl/α,β-unsaturated/α-hetero) is 1. The summed E-state index contributed by atoms with van der Waals surface area (Å²) in [6.07, 6.45) is 10.0. The topological polar surface area (TPSA) is 67.5 Å². The number of aliphatic imine (C=N–C) groups is 1.